The van der Waals surface area contributed by atoms with Crippen LogP contribution in [0.15, 0.2) is 12.3 Å². The monoisotopic (exact) mass is 234 g/mol. The molecule has 0 aromatic carbocycles. The van der Waals surface area contributed by atoms with Crippen molar-refractivity contribution in [2.24, 2.45) is 0 Å². The Morgan fingerprint density at radius 2 is 1.94 bits per heavy atom. The van der Waals surface area contributed by atoms with Crippen LogP contribution in [0.2, 0.25) is 0 Å². The summed E-state index contributed by atoms with van der Waals surface area (Å²) in [5.74, 6) is 1.13. The van der Waals surface area contributed by atoms with E-state index in [0.29, 0.717) is 6.42 Å². The van der Waals surface area contributed by atoms with Crippen LogP contribution >= 0.6 is 0 Å². The molecule has 3 heteroatoms. The Labute approximate surface area is 103 Å². The fraction of sp³-hybridized carbons (Fsp3) is 0.643. The fourth-order valence-corrected chi connectivity index (χ4v) is 2.51. The molecule has 2 rings (SSSR count). The Hall–Kier alpha value is -1.09. The molecule has 0 unspecified atom stereocenters. The predicted octanol–water partition coefficient (Wildman–Crippen LogP) is 2.31. The summed E-state index contributed by atoms with van der Waals surface area (Å²) in [4.78, 5) is 6.98. The van der Waals surface area contributed by atoms with Crippen LogP contribution in [0.1, 0.15) is 36.8 Å². The van der Waals surface area contributed by atoms with Crippen LogP contribution in [0.3, 0.4) is 0 Å². The number of aromatic nitrogens is 1. The van der Waals surface area contributed by atoms with E-state index in [1.54, 1.807) is 0 Å². The van der Waals surface area contributed by atoms with Crippen molar-refractivity contribution in [3.63, 3.8) is 0 Å². The number of nitrogens with zero attached hydrogens (tertiary/aromatic N) is 2. The molecule has 0 atom stereocenters. The number of pyridine rings is 1. The highest BCUT2D eigenvalue weighted by Gasteiger charge is 2.13. The average Bonchev–Trinajstić information content (AvgIpc) is 2.58. The lowest BCUT2D eigenvalue weighted by molar-refractivity contribution is 0.299. The molecule has 94 valence electrons. The third-order valence-electron chi connectivity index (χ3n) is 3.41. The van der Waals surface area contributed by atoms with E-state index in [9.17, 15) is 0 Å². The minimum absolute atomic E-state index is 0.199. The Bertz CT molecular complexity index is 357. The second kappa shape index (κ2) is 6.01. The standard InChI is InChI=1S/C14H22N2O/c1-12-10-13(6-9-17)11-15-14(12)16-7-4-2-3-5-8-16/h10-11,17H,2-9H2,1H3. The van der Waals surface area contributed by atoms with Crippen molar-refractivity contribution in [2.75, 3.05) is 24.6 Å². The van der Waals surface area contributed by atoms with E-state index in [-0.39, 0.29) is 6.61 Å². The summed E-state index contributed by atoms with van der Waals surface area (Å²) in [5, 5.41) is 8.93. The number of aliphatic hydroxyl groups excluding tert-OH is 1. The van der Waals surface area contributed by atoms with Gasteiger partial charge in [0.15, 0.2) is 0 Å². The fourth-order valence-electron chi connectivity index (χ4n) is 2.51. The number of aryl methyl sites for hydroxylation is 1. The number of anilines is 1. The SMILES string of the molecule is Cc1cc(CCO)cnc1N1CCCCCC1. The molecule has 2 heterocycles. The summed E-state index contributed by atoms with van der Waals surface area (Å²) in [6, 6.07) is 2.16. The Kier molecular flexibility index (Phi) is 4.37. The van der Waals surface area contributed by atoms with Gasteiger partial charge in [0.05, 0.1) is 0 Å². The quantitative estimate of drug-likeness (QED) is 0.872. The van der Waals surface area contributed by atoms with E-state index in [0.717, 1.165) is 24.5 Å². The Morgan fingerprint density at radius 1 is 1.24 bits per heavy atom. The van der Waals surface area contributed by atoms with Crippen LogP contribution in [-0.2, 0) is 6.42 Å². The Balaban J connectivity index is 2.14. The molecular formula is C14H22N2O. The molecule has 3 nitrogen and oxygen atoms in total. The lowest BCUT2D eigenvalue weighted by atomic mass is 10.1. The smallest absolute Gasteiger partial charge is 0.131 e. The highest BCUT2D eigenvalue weighted by Crippen LogP contribution is 2.21. The molecule has 0 aliphatic carbocycles. The van der Waals surface area contributed by atoms with Crippen molar-refractivity contribution >= 4 is 5.82 Å². The van der Waals surface area contributed by atoms with Crippen LogP contribution in [0.5, 0.6) is 0 Å². The number of aliphatic hydroxyl groups is 1. The average molecular weight is 234 g/mol. The summed E-state index contributed by atoms with van der Waals surface area (Å²) in [6.45, 7) is 4.58. The second-order valence-electron chi connectivity index (χ2n) is 4.86. The third-order valence-corrected chi connectivity index (χ3v) is 3.41. The second-order valence-corrected chi connectivity index (χ2v) is 4.86. The maximum Gasteiger partial charge on any atom is 0.131 e. The highest BCUT2D eigenvalue weighted by atomic mass is 16.2. The summed E-state index contributed by atoms with van der Waals surface area (Å²) in [5.41, 5.74) is 2.36. The van der Waals surface area contributed by atoms with Gasteiger partial charge in [-0.2, -0.15) is 0 Å². The first-order valence-electron chi connectivity index (χ1n) is 6.62. The van der Waals surface area contributed by atoms with Crippen molar-refractivity contribution in [3.8, 4) is 0 Å². The molecule has 1 saturated heterocycles. The van der Waals surface area contributed by atoms with E-state index in [4.69, 9.17) is 5.11 Å². The molecule has 0 saturated carbocycles. The molecule has 1 aromatic heterocycles. The van der Waals surface area contributed by atoms with Crippen LogP contribution in [0.25, 0.3) is 0 Å². The molecule has 1 aliphatic rings. The first-order chi connectivity index (χ1) is 8.31. The van der Waals surface area contributed by atoms with Gasteiger partial charge in [-0.25, -0.2) is 4.98 Å². The van der Waals surface area contributed by atoms with Gasteiger partial charge in [-0.3, -0.25) is 0 Å². The zero-order chi connectivity index (χ0) is 12.1. The van der Waals surface area contributed by atoms with E-state index in [2.05, 4.69) is 22.9 Å². The maximum atomic E-state index is 8.93. The summed E-state index contributed by atoms with van der Waals surface area (Å²) >= 11 is 0. The number of hydrogen-bond acceptors (Lipinski definition) is 3. The summed E-state index contributed by atoms with van der Waals surface area (Å²) in [7, 11) is 0. The molecule has 1 aliphatic heterocycles. The van der Waals surface area contributed by atoms with E-state index < -0.39 is 0 Å². The van der Waals surface area contributed by atoms with Crippen LogP contribution < -0.4 is 4.90 Å². The molecule has 1 fully saturated rings. The van der Waals surface area contributed by atoms with Crippen LogP contribution in [0, 0.1) is 6.92 Å². The topological polar surface area (TPSA) is 36.4 Å². The minimum Gasteiger partial charge on any atom is -0.396 e. The first-order valence-corrected chi connectivity index (χ1v) is 6.62. The molecule has 0 bridgehead atoms. The molecular weight excluding hydrogens is 212 g/mol. The van der Waals surface area contributed by atoms with E-state index in [1.807, 2.05) is 6.20 Å². The van der Waals surface area contributed by atoms with Crippen molar-refractivity contribution in [1.29, 1.82) is 0 Å². The van der Waals surface area contributed by atoms with Gasteiger partial charge < -0.3 is 10.0 Å². The van der Waals surface area contributed by atoms with Crippen molar-refractivity contribution < 1.29 is 5.11 Å². The first kappa shape index (κ1) is 12.4. The van der Waals surface area contributed by atoms with Crippen LogP contribution in [-0.4, -0.2) is 29.8 Å². The molecule has 17 heavy (non-hydrogen) atoms. The normalized spacial score (nSPS) is 16.9. The molecule has 1 aromatic rings. The zero-order valence-electron chi connectivity index (χ0n) is 10.7. The highest BCUT2D eigenvalue weighted by molar-refractivity contribution is 5.47. The van der Waals surface area contributed by atoms with E-state index >= 15 is 0 Å². The zero-order valence-corrected chi connectivity index (χ0v) is 10.7. The summed E-state index contributed by atoms with van der Waals surface area (Å²) in [6.07, 6.45) is 7.85. The van der Waals surface area contributed by atoms with Gasteiger partial charge in [0, 0.05) is 25.9 Å². The van der Waals surface area contributed by atoms with Crippen molar-refractivity contribution in [2.45, 2.75) is 39.0 Å². The summed E-state index contributed by atoms with van der Waals surface area (Å²) < 4.78 is 0. The number of rotatable bonds is 3. The van der Waals surface area contributed by atoms with Gasteiger partial charge in [0.2, 0.25) is 0 Å². The molecule has 0 spiro atoms. The molecule has 0 amide bonds. The van der Waals surface area contributed by atoms with Gasteiger partial charge >= 0.3 is 0 Å². The Morgan fingerprint density at radius 3 is 2.53 bits per heavy atom. The lowest BCUT2D eigenvalue weighted by Gasteiger charge is -2.23. The minimum atomic E-state index is 0.199. The van der Waals surface area contributed by atoms with E-state index in [1.165, 1.54) is 31.2 Å². The lowest BCUT2D eigenvalue weighted by Crippen LogP contribution is -2.25. The van der Waals surface area contributed by atoms with Gasteiger partial charge in [0.1, 0.15) is 5.82 Å². The molecule has 1 N–H and O–H groups in total. The van der Waals surface area contributed by atoms with Gasteiger partial charge in [-0.05, 0) is 37.3 Å². The third kappa shape index (κ3) is 3.19. The van der Waals surface area contributed by atoms with Gasteiger partial charge in [-0.15, -0.1) is 0 Å². The predicted molar refractivity (Wildman–Crippen MR) is 70.4 cm³/mol. The number of hydrogen-bond donors (Lipinski definition) is 1. The van der Waals surface area contributed by atoms with Gasteiger partial charge in [-0.1, -0.05) is 18.9 Å². The molecule has 0 radical (unpaired) electrons. The largest absolute Gasteiger partial charge is 0.396 e. The van der Waals surface area contributed by atoms with Crippen molar-refractivity contribution in [3.05, 3.63) is 23.4 Å². The van der Waals surface area contributed by atoms with Gasteiger partial charge in [0.25, 0.3) is 0 Å². The van der Waals surface area contributed by atoms with Crippen LogP contribution in [0.4, 0.5) is 5.82 Å². The maximum absolute atomic E-state index is 8.93. The van der Waals surface area contributed by atoms with Crippen molar-refractivity contribution in [1.82, 2.24) is 4.98 Å².